The van der Waals surface area contributed by atoms with E-state index in [1.165, 1.54) is 27.4 Å². The lowest BCUT2D eigenvalue weighted by Crippen LogP contribution is -2.53. The molecular formula is C13H18N4O5S. The number of nitro benzene ring substituents is 1. The summed E-state index contributed by atoms with van der Waals surface area (Å²) in [6.07, 6.45) is 0. The first-order valence-corrected chi connectivity index (χ1v) is 8.46. The van der Waals surface area contributed by atoms with Crippen LogP contribution >= 0.6 is 0 Å². The summed E-state index contributed by atoms with van der Waals surface area (Å²) in [6.45, 7) is 2.32. The van der Waals surface area contributed by atoms with Gasteiger partial charge in [-0.2, -0.15) is 4.31 Å². The second-order valence-electron chi connectivity index (χ2n) is 5.27. The van der Waals surface area contributed by atoms with Crippen LogP contribution in [0.5, 0.6) is 0 Å². The number of nitrogens with zero attached hydrogens (tertiary/aromatic N) is 3. The molecule has 23 heavy (non-hydrogen) atoms. The molecule has 2 N–H and O–H groups in total. The minimum Gasteiger partial charge on any atom is -0.339 e. The van der Waals surface area contributed by atoms with E-state index in [0.717, 1.165) is 6.07 Å². The van der Waals surface area contributed by atoms with Crippen molar-refractivity contribution < 1.29 is 18.1 Å². The third-order valence-electron chi connectivity index (χ3n) is 3.61. The van der Waals surface area contributed by atoms with E-state index in [1.807, 2.05) is 0 Å². The molecule has 1 amide bonds. The summed E-state index contributed by atoms with van der Waals surface area (Å²) in [5.41, 5.74) is 5.26. The van der Waals surface area contributed by atoms with Crippen molar-refractivity contribution in [1.82, 2.24) is 9.21 Å². The number of carbonyl (C=O) groups is 1. The first-order chi connectivity index (χ1) is 10.7. The molecule has 1 saturated heterocycles. The molecule has 10 heteroatoms. The fourth-order valence-electron chi connectivity index (χ4n) is 2.34. The Balaban J connectivity index is 2.15. The van der Waals surface area contributed by atoms with Crippen molar-refractivity contribution >= 4 is 21.6 Å². The van der Waals surface area contributed by atoms with Crippen LogP contribution in [-0.2, 0) is 14.8 Å². The number of non-ortho nitro benzene ring substituents is 1. The van der Waals surface area contributed by atoms with Crippen LogP contribution < -0.4 is 5.73 Å². The van der Waals surface area contributed by atoms with Gasteiger partial charge in [0.1, 0.15) is 0 Å². The number of nitro groups is 1. The molecule has 0 unspecified atom stereocenters. The zero-order valence-electron chi connectivity index (χ0n) is 12.6. The van der Waals surface area contributed by atoms with Gasteiger partial charge in [-0.3, -0.25) is 14.9 Å². The normalized spacial score (nSPS) is 17.7. The predicted molar refractivity (Wildman–Crippen MR) is 82.1 cm³/mol. The Morgan fingerprint density at radius 3 is 2.43 bits per heavy atom. The molecule has 1 heterocycles. The van der Waals surface area contributed by atoms with Gasteiger partial charge in [0.15, 0.2) is 0 Å². The Hall–Kier alpha value is -2.04. The Kier molecular flexibility index (Phi) is 4.97. The number of nitrogens with two attached hydrogens (primary N) is 1. The maximum absolute atomic E-state index is 12.5. The topological polar surface area (TPSA) is 127 Å². The van der Waals surface area contributed by atoms with Gasteiger partial charge in [0, 0.05) is 38.3 Å². The Bertz CT molecular complexity index is 711. The van der Waals surface area contributed by atoms with E-state index in [-0.39, 0.29) is 42.7 Å². The fourth-order valence-corrected chi connectivity index (χ4v) is 3.81. The minimum atomic E-state index is -3.83. The third kappa shape index (κ3) is 3.66. The minimum absolute atomic E-state index is 0.126. The maximum atomic E-state index is 12.5. The first-order valence-electron chi connectivity index (χ1n) is 7.02. The van der Waals surface area contributed by atoms with E-state index in [4.69, 9.17) is 5.73 Å². The first kappa shape index (κ1) is 17.3. The number of carbonyl (C=O) groups excluding carboxylic acids is 1. The molecule has 1 aliphatic heterocycles. The van der Waals surface area contributed by atoms with Crippen molar-refractivity contribution in [2.75, 3.05) is 26.2 Å². The molecule has 0 saturated carbocycles. The highest BCUT2D eigenvalue weighted by Gasteiger charge is 2.31. The number of rotatable bonds is 4. The number of amides is 1. The Labute approximate surface area is 133 Å². The lowest BCUT2D eigenvalue weighted by atomic mass is 10.2. The molecule has 0 radical (unpaired) electrons. The molecule has 1 aromatic carbocycles. The van der Waals surface area contributed by atoms with Crippen LogP contribution in [-0.4, -0.2) is 60.7 Å². The average Bonchev–Trinajstić information content (AvgIpc) is 2.54. The van der Waals surface area contributed by atoms with Crippen molar-refractivity contribution in [2.45, 2.75) is 17.9 Å². The van der Waals surface area contributed by atoms with Gasteiger partial charge in [-0.05, 0) is 13.0 Å². The highest BCUT2D eigenvalue weighted by atomic mass is 32.2. The molecule has 1 aliphatic rings. The van der Waals surface area contributed by atoms with E-state index in [1.54, 1.807) is 6.92 Å². The van der Waals surface area contributed by atoms with Crippen LogP contribution in [0.3, 0.4) is 0 Å². The molecule has 0 aromatic heterocycles. The largest absolute Gasteiger partial charge is 0.339 e. The number of piperazine rings is 1. The quantitative estimate of drug-likeness (QED) is 0.595. The van der Waals surface area contributed by atoms with Crippen molar-refractivity contribution in [3.05, 3.63) is 34.4 Å². The summed E-state index contributed by atoms with van der Waals surface area (Å²) in [7, 11) is -3.83. The summed E-state index contributed by atoms with van der Waals surface area (Å²) in [5.74, 6) is -0.225. The van der Waals surface area contributed by atoms with Crippen LogP contribution in [0.1, 0.15) is 6.92 Å². The number of hydrogen-bond donors (Lipinski definition) is 1. The second kappa shape index (κ2) is 6.60. The number of sulfonamides is 1. The van der Waals surface area contributed by atoms with Gasteiger partial charge in [0.2, 0.25) is 15.9 Å². The van der Waals surface area contributed by atoms with Gasteiger partial charge in [-0.15, -0.1) is 0 Å². The van der Waals surface area contributed by atoms with E-state index < -0.39 is 21.0 Å². The van der Waals surface area contributed by atoms with E-state index in [2.05, 4.69) is 0 Å². The summed E-state index contributed by atoms with van der Waals surface area (Å²) >= 11 is 0. The standard InChI is InChI=1S/C13H18N4O5S/c1-10(14)13(18)15-5-7-16(8-6-15)23(21,22)12-4-2-3-11(9-12)17(19)20/h2-4,9-10H,5-8,14H2,1H3/t10-/m1/s1. The third-order valence-corrected chi connectivity index (χ3v) is 5.50. The van der Waals surface area contributed by atoms with Gasteiger partial charge < -0.3 is 10.6 Å². The van der Waals surface area contributed by atoms with E-state index in [9.17, 15) is 23.3 Å². The van der Waals surface area contributed by atoms with Crippen molar-refractivity contribution in [3.63, 3.8) is 0 Å². The summed E-state index contributed by atoms with van der Waals surface area (Å²) in [5, 5.41) is 10.8. The van der Waals surface area contributed by atoms with Gasteiger partial charge in [0.05, 0.1) is 15.9 Å². The Morgan fingerprint density at radius 1 is 1.30 bits per heavy atom. The van der Waals surface area contributed by atoms with Gasteiger partial charge in [-0.25, -0.2) is 8.42 Å². The van der Waals surface area contributed by atoms with Gasteiger partial charge in [0.25, 0.3) is 5.69 Å². The highest BCUT2D eigenvalue weighted by molar-refractivity contribution is 7.89. The average molecular weight is 342 g/mol. The molecule has 9 nitrogen and oxygen atoms in total. The van der Waals surface area contributed by atoms with E-state index >= 15 is 0 Å². The van der Waals surface area contributed by atoms with Gasteiger partial charge >= 0.3 is 0 Å². The summed E-state index contributed by atoms with van der Waals surface area (Å²) < 4.78 is 26.3. The summed E-state index contributed by atoms with van der Waals surface area (Å²) in [4.78, 5) is 23.3. The van der Waals surface area contributed by atoms with Crippen molar-refractivity contribution in [2.24, 2.45) is 5.73 Å². The molecule has 1 aromatic rings. The van der Waals surface area contributed by atoms with Crippen LogP contribution in [0.15, 0.2) is 29.2 Å². The molecular weight excluding hydrogens is 324 g/mol. The predicted octanol–water partition coefficient (Wildman–Crippen LogP) is -0.225. The number of hydrogen-bond acceptors (Lipinski definition) is 6. The number of benzene rings is 1. The molecule has 0 bridgehead atoms. The lowest BCUT2D eigenvalue weighted by Gasteiger charge is -2.34. The van der Waals surface area contributed by atoms with Crippen molar-refractivity contribution in [3.8, 4) is 0 Å². The van der Waals surface area contributed by atoms with E-state index in [0.29, 0.717) is 0 Å². The van der Waals surface area contributed by atoms with Crippen LogP contribution in [0.4, 0.5) is 5.69 Å². The molecule has 126 valence electrons. The smallest absolute Gasteiger partial charge is 0.270 e. The second-order valence-corrected chi connectivity index (χ2v) is 7.21. The van der Waals surface area contributed by atoms with Crippen LogP contribution in [0.25, 0.3) is 0 Å². The van der Waals surface area contributed by atoms with Gasteiger partial charge in [-0.1, -0.05) is 6.07 Å². The SMILES string of the molecule is C[C@@H](N)C(=O)N1CCN(S(=O)(=O)c2cccc([N+](=O)[O-])c2)CC1. The maximum Gasteiger partial charge on any atom is 0.270 e. The van der Waals surface area contributed by atoms with Crippen molar-refractivity contribution in [1.29, 1.82) is 0 Å². The Morgan fingerprint density at radius 2 is 1.91 bits per heavy atom. The fraction of sp³-hybridized carbons (Fsp3) is 0.462. The zero-order valence-corrected chi connectivity index (χ0v) is 13.4. The summed E-state index contributed by atoms with van der Waals surface area (Å²) in [6, 6.07) is 4.30. The zero-order chi connectivity index (χ0) is 17.2. The molecule has 2 rings (SSSR count). The molecule has 1 fully saturated rings. The highest BCUT2D eigenvalue weighted by Crippen LogP contribution is 2.22. The monoisotopic (exact) mass is 342 g/mol. The van der Waals surface area contributed by atoms with Crippen LogP contribution in [0, 0.1) is 10.1 Å². The molecule has 0 aliphatic carbocycles. The molecule has 1 atom stereocenters. The lowest BCUT2D eigenvalue weighted by molar-refractivity contribution is -0.385. The molecule has 0 spiro atoms. The van der Waals surface area contributed by atoms with Crippen LogP contribution in [0.2, 0.25) is 0 Å².